The summed E-state index contributed by atoms with van der Waals surface area (Å²) in [6, 6.07) is 10.2. The lowest BCUT2D eigenvalue weighted by Crippen LogP contribution is -2.47. The molecule has 7 nitrogen and oxygen atoms in total. The Kier molecular flexibility index (Phi) is 5.45. The first-order chi connectivity index (χ1) is 12.1. The average Bonchev–Trinajstić information content (AvgIpc) is 3.05. The maximum absolute atomic E-state index is 12.9. The number of rotatable bonds is 5. The van der Waals surface area contributed by atoms with Crippen molar-refractivity contribution < 1.29 is 18.8 Å². The summed E-state index contributed by atoms with van der Waals surface area (Å²) < 4.78 is 10.3. The van der Waals surface area contributed by atoms with Gasteiger partial charge in [-0.1, -0.05) is 35.5 Å². The molecule has 1 atom stereocenters. The van der Waals surface area contributed by atoms with Gasteiger partial charge in [0, 0.05) is 19.2 Å². The highest BCUT2D eigenvalue weighted by molar-refractivity contribution is 5.89. The Morgan fingerprint density at radius 2 is 1.96 bits per heavy atom. The second kappa shape index (κ2) is 7.94. The molecule has 1 aliphatic rings. The molecule has 25 heavy (non-hydrogen) atoms. The first-order valence-electron chi connectivity index (χ1n) is 8.26. The van der Waals surface area contributed by atoms with E-state index in [-0.39, 0.29) is 18.2 Å². The molecule has 3 rings (SSSR count). The van der Waals surface area contributed by atoms with Crippen molar-refractivity contribution in [1.82, 2.24) is 15.4 Å². The Bertz CT molecular complexity index is 723. The second-order valence-corrected chi connectivity index (χ2v) is 5.95. The van der Waals surface area contributed by atoms with Crippen molar-refractivity contribution in [3.63, 3.8) is 0 Å². The fourth-order valence-corrected chi connectivity index (χ4v) is 2.78. The molecule has 0 bridgehead atoms. The van der Waals surface area contributed by atoms with Crippen LogP contribution < -0.4 is 5.32 Å². The summed E-state index contributed by atoms with van der Waals surface area (Å²) in [5.74, 6) is 0.245. The minimum Gasteiger partial charge on any atom is -0.378 e. The predicted molar refractivity (Wildman–Crippen MR) is 89.7 cm³/mol. The van der Waals surface area contributed by atoms with E-state index in [0.717, 1.165) is 5.56 Å². The highest BCUT2D eigenvalue weighted by atomic mass is 16.5. The minimum absolute atomic E-state index is 0.0665. The molecule has 1 unspecified atom stereocenters. The van der Waals surface area contributed by atoms with E-state index in [9.17, 15) is 9.59 Å². The van der Waals surface area contributed by atoms with Crippen molar-refractivity contribution in [3.8, 4) is 0 Å². The van der Waals surface area contributed by atoms with Crippen LogP contribution in [-0.4, -0.2) is 48.2 Å². The molecule has 2 heterocycles. The van der Waals surface area contributed by atoms with Gasteiger partial charge < -0.3 is 19.5 Å². The van der Waals surface area contributed by atoms with Crippen LogP contribution in [0.3, 0.4) is 0 Å². The molecule has 1 N–H and O–H groups in total. The van der Waals surface area contributed by atoms with E-state index in [1.807, 2.05) is 30.3 Å². The van der Waals surface area contributed by atoms with E-state index in [4.69, 9.17) is 9.26 Å². The summed E-state index contributed by atoms with van der Waals surface area (Å²) in [4.78, 5) is 27.0. The number of aryl methyl sites for hydroxylation is 1. The number of benzene rings is 1. The lowest BCUT2D eigenvalue weighted by atomic mass is 10.0. The number of ether oxygens (including phenoxy) is 1. The van der Waals surface area contributed by atoms with Crippen molar-refractivity contribution in [2.45, 2.75) is 19.4 Å². The fraction of sp³-hybridized carbons (Fsp3) is 0.389. The van der Waals surface area contributed by atoms with Gasteiger partial charge >= 0.3 is 0 Å². The molecule has 0 radical (unpaired) electrons. The highest BCUT2D eigenvalue weighted by Gasteiger charge is 2.28. The SMILES string of the molecule is Cc1cc(CC(=O)NC(C(=O)N2CCOCC2)c2ccccc2)no1. The van der Waals surface area contributed by atoms with Gasteiger partial charge in [0.05, 0.1) is 25.3 Å². The van der Waals surface area contributed by atoms with E-state index >= 15 is 0 Å². The number of amides is 2. The Morgan fingerprint density at radius 3 is 2.60 bits per heavy atom. The number of nitrogens with one attached hydrogen (secondary N) is 1. The molecular weight excluding hydrogens is 322 g/mol. The van der Waals surface area contributed by atoms with Gasteiger partial charge in [0.2, 0.25) is 11.8 Å². The van der Waals surface area contributed by atoms with E-state index in [1.54, 1.807) is 17.9 Å². The highest BCUT2D eigenvalue weighted by Crippen LogP contribution is 2.17. The standard InChI is InChI=1S/C18H21N3O4/c1-13-11-15(20-25-13)12-16(22)19-17(14-5-3-2-4-6-14)18(23)21-7-9-24-10-8-21/h2-6,11,17H,7-10,12H2,1H3,(H,19,22). The van der Waals surface area contributed by atoms with Crippen molar-refractivity contribution in [2.75, 3.05) is 26.3 Å². The quantitative estimate of drug-likeness (QED) is 0.883. The molecule has 1 aliphatic heterocycles. The van der Waals surface area contributed by atoms with Gasteiger partial charge in [-0.25, -0.2) is 0 Å². The van der Waals surface area contributed by atoms with Gasteiger partial charge in [-0.3, -0.25) is 9.59 Å². The Hall–Kier alpha value is -2.67. The summed E-state index contributed by atoms with van der Waals surface area (Å²) in [5, 5.41) is 6.66. The number of nitrogens with zero attached hydrogens (tertiary/aromatic N) is 2. The van der Waals surface area contributed by atoms with E-state index in [1.165, 1.54) is 0 Å². The maximum Gasteiger partial charge on any atom is 0.249 e. The first kappa shape index (κ1) is 17.2. The minimum atomic E-state index is -0.722. The van der Waals surface area contributed by atoms with Crippen molar-refractivity contribution in [1.29, 1.82) is 0 Å². The molecule has 0 spiro atoms. The summed E-state index contributed by atoms with van der Waals surface area (Å²) >= 11 is 0. The van der Waals surface area contributed by atoms with Crippen molar-refractivity contribution in [3.05, 3.63) is 53.4 Å². The fourth-order valence-electron chi connectivity index (χ4n) is 2.78. The average molecular weight is 343 g/mol. The van der Waals surface area contributed by atoms with Gasteiger partial charge in [-0.2, -0.15) is 0 Å². The van der Waals surface area contributed by atoms with Gasteiger partial charge in [-0.15, -0.1) is 0 Å². The van der Waals surface area contributed by atoms with Crippen LogP contribution in [0.2, 0.25) is 0 Å². The Balaban J connectivity index is 1.74. The third-order valence-corrected chi connectivity index (χ3v) is 4.03. The molecule has 1 fully saturated rings. The van der Waals surface area contributed by atoms with Crippen LogP contribution in [0.4, 0.5) is 0 Å². The molecule has 132 valence electrons. The normalized spacial score (nSPS) is 15.6. The molecule has 1 aromatic carbocycles. The molecule has 0 aliphatic carbocycles. The number of carbonyl (C=O) groups excluding carboxylic acids is 2. The van der Waals surface area contributed by atoms with Crippen LogP contribution in [0.5, 0.6) is 0 Å². The first-order valence-corrected chi connectivity index (χ1v) is 8.26. The topological polar surface area (TPSA) is 84.7 Å². The van der Waals surface area contributed by atoms with E-state index in [2.05, 4.69) is 10.5 Å². The van der Waals surface area contributed by atoms with Crippen LogP contribution in [0.25, 0.3) is 0 Å². The van der Waals surface area contributed by atoms with Gasteiger partial charge in [0.1, 0.15) is 11.8 Å². The summed E-state index contributed by atoms with van der Waals surface area (Å²) in [5.41, 5.74) is 1.30. The second-order valence-electron chi connectivity index (χ2n) is 5.95. The van der Waals surface area contributed by atoms with Crippen molar-refractivity contribution in [2.24, 2.45) is 0 Å². The molecule has 1 saturated heterocycles. The summed E-state index contributed by atoms with van der Waals surface area (Å²) in [7, 11) is 0. The maximum atomic E-state index is 12.9. The third-order valence-electron chi connectivity index (χ3n) is 4.03. The van der Waals surface area contributed by atoms with Gasteiger partial charge in [-0.05, 0) is 12.5 Å². The number of morpholine rings is 1. The number of aromatic nitrogens is 1. The molecule has 7 heteroatoms. The molecule has 2 amide bonds. The Morgan fingerprint density at radius 1 is 1.24 bits per heavy atom. The zero-order chi connectivity index (χ0) is 17.6. The number of hydrogen-bond acceptors (Lipinski definition) is 5. The third kappa shape index (κ3) is 4.45. The van der Waals surface area contributed by atoms with Crippen LogP contribution in [0.1, 0.15) is 23.1 Å². The van der Waals surface area contributed by atoms with Crippen LogP contribution in [0.15, 0.2) is 40.9 Å². The van der Waals surface area contributed by atoms with E-state index in [0.29, 0.717) is 37.8 Å². The summed E-state index contributed by atoms with van der Waals surface area (Å²) in [6.07, 6.45) is 0.0665. The van der Waals surface area contributed by atoms with Crippen LogP contribution >= 0.6 is 0 Å². The predicted octanol–water partition coefficient (Wildman–Crippen LogP) is 1.24. The van der Waals surface area contributed by atoms with Gasteiger partial charge in [0.15, 0.2) is 0 Å². The molecule has 2 aromatic rings. The van der Waals surface area contributed by atoms with E-state index < -0.39 is 6.04 Å². The number of hydrogen-bond donors (Lipinski definition) is 1. The van der Waals surface area contributed by atoms with Crippen molar-refractivity contribution >= 4 is 11.8 Å². The zero-order valence-electron chi connectivity index (χ0n) is 14.1. The zero-order valence-corrected chi connectivity index (χ0v) is 14.1. The largest absolute Gasteiger partial charge is 0.378 e. The molecule has 1 aromatic heterocycles. The Labute approximate surface area is 145 Å². The van der Waals surface area contributed by atoms with Crippen LogP contribution in [0, 0.1) is 6.92 Å². The number of carbonyl (C=O) groups is 2. The summed E-state index contributed by atoms with van der Waals surface area (Å²) in [6.45, 7) is 3.85. The smallest absolute Gasteiger partial charge is 0.249 e. The van der Waals surface area contributed by atoms with Crippen LogP contribution in [-0.2, 0) is 20.7 Å². The lowest BCUT2D eigenvalue weighted by molar-refractivity contribution is -0.140. The lowest BCUT2D eigenvalue weighted by Gasteiger charge is -2.31. The molecular formula is C18H21N3O4. The monoisotopic (exact) mass is 343 g/mol. The van der Waals surface area contributed by atoms with Gasteiger partial charge in [0.25, 0.3) is 0 Å². The molecule has 0 saturated carbocycles.